The number of aromatic nitrogens is 2. The number of nitrogens with one attached hydrogen (secondary N) is 1. The number of rotatable bonds is 3. The van der Waals surface area contributed by atoms with Crippen molar-refractivity contribution in [1.29, 1.82) is 0 Å². The number of anilines is 1. The second-order valence-corrected chi connectivity index (χ2v) is 4.47. The van der Waals surface area contributed by atoms with E-state index in [9.17, 15) is 9.90 Å². The summed E-state index contributed by atoms with van der Waals surface area (Å²) in [5.41, 5.74) is 2.73. The molecule has 0 aliphatic heterocycles. The van der Waals surface area contributed by atoms with E-state index in [1.165, 1.54) is 0 Å². The zero-order chi connectivity index (χ0) is 14.0. The van der Waals surface area contributed by atoms with Crippen LogP contribution in [0.4, 0.5) is 5.69 Å². The summed E-state index contributed by atoms with van der Waals surface area (Å²) < 4.78 is 1.63. The summed E-state index contributed by atoms with van der Waals surface area (Å²) in [4.78, 5) is 12.2. The molecule has 1 heterocycles. The number of aromatic hydroxyl groups is 1. The molecule has 2 aromatic rings. The maximum Gasteiger partial charge on any atom is 0.259 e. The van der Waals surface area contributed by atoms with Crippen LogP contribution in [0.5, 0.6) is 5.75 Å². The molecule has 19 heavy (non-hydrogen) atoms. The average Bonchev–Trinajstić information content (AvgIpc) is 2.75. The Morgan fingerprint density at radius 3 is 2.84 bits per heavy atom. The van der Waals surface area contributed by atoms with Crippen molar-refractivity contribution in [2.45, 2.75) is 20.3 Å². The highest BCUT2D eigenvalue weighted by atomic mass is 16.3. The third-order valence-corrected chi connectivity index (χ3v) is 2.94. The molecule has 0 radical (unpaired) electrons. The molecule has 0 bridgehead atoms. The van der Waals surface area contributed by atoms with Gasteiger partial charge < -0.3 is 10.4 Å². The van der Waals surface area contributed by atoms with Gasteiger partial charge in [0.15, 0.2) is 0 Å². The van der Waals surface area contributed by atoms with Gasteiger partial charge in [0, 0.05) is 18.9 Å². The number of hydrogen-bond donors (Lipinski definition) is 2. The second kappa shape index (κ2) is 5.14. The molecule has 1 aromatic heterocycles. The molecule has 2 rings (SSSR count). The number of carbonyl (C=O) groups is 1. The van der Waals surface area contributed by atoms with Gasteiger partial charge in [0.2, 0.25) is 0 Å². The van der Waals surface area contributed by atoms with E-state index in [0.717, 1.165) is 11.3 Å². The van der Waals surface area contributed by atoms with Crippen LogP contribution in [0.25, 0.3) is 0 Å². The Morgan fingerprint density at radius 2 is 2.21 bits per heavy atom. The number of hydrogen-bond acceptors (Lipinski definition) is 3. The van der Waals surface area contributed by atoms with Gasteiger partial charge >= 0.3 is 0 Å². The van der Waals surface area contributed by atoms with E-state index in [1.54, 1.807) is 43.0 Å². The minimum atomic E-state index is -0.185. The lowest BCUT2D eigenvalue weighted by Gasteiger charge is -2.06. The first-order valence-corrected chi connectivity index (χ1v) is 6.14. The zero-order valence-electron chi connectivity index (χ0n) is 11.3. The first-order valence-electron chi connectivity index (χ1n) is 6.14. The van der Waals surface area contributed by atoms with Gasteiger partial charge in [0.1, 0.15) is 5.75 Å². The van der Waals surface area contributed by atoms with Crippen molar-refractivity contribution in [2.75, 3.05) is 5.32 Å². The minimum Gasteiger partial charge on any atom is -0.508 e. The largest absolute Gasteiger partial charge is 0.508 e. The molecular formula is C14H17N3O2. The number of phenolic OH excluding ortho intramolecular Hbond substituents is 1. The van der Waals surface area contributed by atoms with E-state index < -0.39 is 0 Å². The number of nitrogens with zero attached hydrogens (tertiary/aromatic N) is 2. The standard InChI is InChI=1S/C14H17N3O2/c1-4-12-11(8-17(3)16-12)14(19)15-10-5-6-13(18)9(2)7-10/h5-8,18H,4H2,1-3H3,(H,15,19). The van der Waals surface area contributed by atoms with Crippen molar-refractivity contribution in [3.05, 3.63) is 41.2 Å². The van der Waals surface area contributed by atoms with Crippen LogP contribution in [-0.2, 0) is 13.5 Å². The highest BCUT2D eigenvalue weighted by Gasteiger charge is 2.14. The van der Waals surface area contributed by atoms with Crippen molar-refractivity contribution in [1.82, 2.24) is 9.78 Å². The Morgan fingerprint density at radius 1 is 1.47 bits per heavy atom. The van der Waals surface area contributed by atoms with Crippen LogP contribution in [0.1, 0.15) is 28.5 Å². The molecule has 100 valence electrons. The molecule has 2 N–H and O–H groups in total. The lowest BCUT2D eigenvalue weighted by Crippen LogP contribution is -2.13. The molecule has 1 amide bonds. The van der Waals surface area contributed by atoms with Crippen LogP contribution in [0.15, 0.2) is 24.4 Å². The maximum absolute atomic E-state index is 12.2. The summed E-state index contributed by atoms with van der Waals surface area (Å²) in [6, 6.07) is 4.96. The van der Waals surface area contributed by atoms with Crippen LogP contribution in [-0.4, -0.2) is 20.8 Å². The van der Waals surface area contributed by atoms with Crippen LogP contribution >= 0.6 is 0 Å². The van der Waals surface area contributed by atoms with Crippen molar-refractivity contribution in [2.24, 2.45) is 7.05 Å². The Hall–Kier alpha value is -2.30. The number of carbonyl (C=O) groups excluding carboxylic acids is 1. The summed E-state index contributed by atoms with van der Waals surface area (Å²) in [5, 5.41) is 16.5. The van der Waals surface area contributed by atoms with E-state index in [-0.39, 0.29) is 11.7 Å². The van der Waals surface area contributed by atoms with Crippen molar-refractivity contribution >= 4 is 11.6 Å². The summed E-state index contributed by atoms with van der Waals surface area (Å²) in [5.74, 6) is 0.0312. The summed E-state index contributed by atoms with van der Waals surface area (Å²) in [6.45, 7) is 3.75. The Labute approximate surface area is 111 Å². The smallest absolute Gasteiger partial charge is 0.259 e. The highest BCUT2D eigenvalue weighted by molar-refractivity contribution is 6.05. The Balaban J connectivity index is 2.22. The molecular weight excluding hydrogens is 242 g/mol. The van der Waals surface area contributed by atoms with E-state index in [1.807, 2.05) is 6.92 Å². The molecule has 0 fully saturated rings. The monoisotopic (exact) mass is 259 g/mol. The van der Waals surface area contributed by atoms with Gasteiger partial charge in [-0.3, -0.25) is 9.48 Å². The molecule has 0 aliphatic carbocycles. The molecule has 0 atom stereocenters. The van der Waals surface area contributed by atoms with Crippen LogP contribution in [0.2, 0.25) is 0 Å². The quantitative estimate of drug-likeness (QED) is 0.831. The van der Waals surface area contributed by atoms with Gasteiger partial charge in [-0.1, -0.05) is 6.92 Å². The molecule has 0 unspecified atom stereocenters. The van der Waals surface area contributed by atoms with Crippen LogP contribution in [0.3, 0.4) is 0 Å². The van der Waals surface area contributed by atoms with Gasteiger partial charge in [0.25, 0.3) is 5.91 Å². The van der Waals surface area contributed by atoms with E-state index in [0.29, 0.717) is 17.7 Å². The molecule has 5 heteroatoms. The third-order valence-electron chi connectivity index (χ3n) is 2.94. The molecule has 5 nitrogen and oxygen atoms in total. The number of benzene rings is 1. The Kier molecular flexibility index (Phi) is 3.55. The molecule has 0 aliphatic rings. The minimum absolute atomic E-state index is 0.185. The fourth-order valence-corrected chi connectivity index (χ4v) is 1.92. The molecule has 1 aromatic carbocycles. The van der Waals surface area contributed by atoms with Crippen LogP contribution in [0, 0.1) is 6.92 Å². The van der Waals surface area contributed by atoms with Crippen LogP contribution < -0.4 is 5.32 Å². The number of phenols is 1. The van der Waals surface area contributed by atoms with E-state index in [4.69, 9.17) is 0 Å². The van der Waals surface area contributed by atoms with Gasteiger partial charge in [-0.2, -0.15) is 5.10 Å². The van der Waals surface area contributed by atoms with Gasteiger partial charge in [-0.15, -0.1) is 0 Å². The molecule has 0 saturated heterocycles. The third kappa shape index (κ3) is 2.76. The summed E-state index contributed by atoms with van der Waals surface area (Å²) in [7, 11) is 1.79. The SMILES string of the molecule is CCc1nn(C)cc1C(=O)Nc1ccc(O)c(C)c1. The predicted octanol–water partition coefficient (Wildman–Crippen LogP) is 2.25. The fraction of sp³-hybridized carbons (Fsp3) is 0.286. The molecule has 0 saturated carbocycles. The van der Waals surface area contributed by atoms with E-state index in [2.05, 4.69) is 10.4 Å². The number of amides is 1. The van der Waals surface area contributed by atoms with E-state index >= 15 is 0 Å². The van der Waals surface area contributed by atoms with Crippen molar-refractivity contribution < 1.29 is 9.90 Å². The van der Waals surface area contributed by atoms with Gasteiger partial charge in [-0.25, -0.2) is 0 Å². The Bertz CT molecular complexity index is 617. The maximum atomic E-state index is 12.2. The normalized spacial score (nSPS) is 10.5. The fourth-order valence-electron chi connectivity index (χ4n) is 1.92. The molecule has 0 spiro atoms. The van der Waals surface area contributed by atoms with Gasteiger partial charge in [-0.05, 0) is 37.1 Å². The average molecular weight is 259 g/mol. The topological polar surface area (TPSA) is 67.2 Å². The summed E-state index contributed by atoms with van der Waals surface area (Å²) in [6.07, 6.45) is 2.42. The predicted molar refractivity (Wildman–Crippen MR) is 73.4 cm³/mol. The number of aryl methyl sites for hydroxylation is 3. The van der Waals surface area contributed by atoms with Crippen molar-refractivity contribution in [3.63, 3.8) is 0 Å². The van der Waals surface area contributed by atoms with Gasteiger partial charge in [0.05, 0.1) is 11.3 Å². The highest BCUT2D eigenvalue weighted by Crippen LogP contribution is 2.21. The first kappa shape index (κ1) is 13.1. The summed E-state index contributed by atoms with van der Waals surface area (Å²) >= 11 is 0. The first-order chi connectivity index (χ1) is 9.01. The second-order valence-electron chi connectivity index (χ2n) is 4.47. The lowest BCUT2D eigenvalue weighted by atomic mass is 10.1. The lowest BCUT2D eigenvalue weighted by molar-refractivity contribution is 0.102. The zero-order valence-corrected chi connectivity index (χ0v) is 11.3. The van der Waals surface area contributed by atoms with Crippen molar-refractivity contribution in [3.8, 4) is 5.75 Å².